The molecular formula is C19H16Cl2N2O3S. The van der Waals surface area contributed by atoms with Crippen molar-refractivity contribution >= 4 is 46.9 Å². The van der Waals surface area contributed by atoms with Crippen LogP contribution in [0, 0.1) is 11.3 Å². The number of carbonyl (C=O) groups is 1. The lowest BCUT2D eigenvalue weighted by Crippen LogP contribution is -2.12. The van der Waals surface area contributed by atoms with E-state index in [1.807, 2.05) is 0 Å². The largest absolute Gasteiger partial charge is 0.504 e. The van der Waals surface area contributed by atoms with Gasteiger partial charge in [0, 0.05) is 16.2 Å². The summed E-state index contributed by atoms with van der Waals surface area (Å²) in [7, 11) is 0. The van der Waals surface area contributed by atoms with Gasteiger partial charge in [0.15, 0.2) is 11.5 Å². The second kappa shape index (κ2) is 9.56. The molecule has 0 bridgehead atoms. The zero-order valence-corrected chi connectivity index (χ0v) is 16.7. The Morgan fingerprint density at radius 2 is 2.04 bits per heavy atom. The highest BCUT2D eigenvalue weighted by molar-refractivity contribution is 7.98. The summed E-state index contributed by atoms with van der Waals surface area (Å²) in [6.45, 7) is 2.12. The molecule has 8 heteroatoms. The first-order chi connectivity index (χ1) is 12.9. The molecular weight excluding hydrogens is 407 g/mol. The number of primary amides is 1. The van der Waals surface area contributed by atoms with Crippen LogP contribution in [0.5, 0.6) is 11.5 Å². The topological polar surface area (TPSA) is 96.3 Å². The van der Waals surface area contributed by atoms with E-state index >= 15 is 0 Å². The summed E-state index contributed by atoms with van der Waals surface area (Å²) in [4.78, 5) is 12.0. The highest BCUT2D eigenvalue weighted by Gasteiger charge is 2.14. The summed E-state index contributed by atoms with van der Waals surface area (Å²) in [5.41, 5.74) is 6.03. The van der Waals surface area contributed by atoms with Crippen LogP contribution in [0.25, 0.3) is 6.08 Å². The standard InChI is InChI=1S/C19H16Cl2N2O3S/c1-2-26-16-8-11(6-12(9-22)19(23)25)7-13(17(16)24)10-27-18-14(20)4-3-5-15(18)21/h3-8,24H,2,10H2,1H3,(H2,23,25)/b12-6+. The maximum absolute atomic E-state index is 11.3. The third kappa shape index (κ3) is 5.33. The number of halogens is 2. The summed E-state index contributed by atoms with van der Waals surface area (Å²) < 4.78 is 5.45. The Morgan fingerprint density at radius 1 is 1.37 bits per heavy atom. The van der Waals surface area contributed by atoms with Crippen molar-refractivity contribution in [2.45, 2.75) is 17.6 Å². The first kappa shape index (κ1) is 21.0. The predicted octanol–water partition coefficient (Wildman–Crippen LogP) is 4.78. The Balaban J connectivity index is 2.42. The summed E-state index contributed by atoms with van der Waals surface area (Å²) in [6, 6.07) is 10.1. The molecule has 140 valence electrons. The zero-order valence-electron chi connectivity index (χ0n) is 14.3. The molecule has 0 aliphatic heterocycles. The van der Waals surface area contributed by atoms with E-state index in [0.717, 1.165) is 0 Å². The zero-order chi connectivity index (χ0) is 20.0. The monoisotopic (exact) mass is 422 g/mol. The van der Waals surface area contributed by atoms with E-state index < -0.39 is 5.91 Å². The van der Waals surface area contributed by atoms with Crippen molar-refractivity contribution in [3.05, 3.63) is 57.1 Å². The van der Waals surface area contributed by atoms with Crippen LogP contribution in [-0.4, -0.2) is 17.6 Å². The normalized spacial score (nSPS) is 11.1. The summed E-state index contributed by atoms with van der Waals surface area (Å²) in [5, 5.41) is 20.5. The van der Waals surface area contributed by atoms with Crippen LogP contribution < -0.4 is 10.5 Å². The van der Waals surface area contributed by atoms with E-state index in [2.05, 4.69) is 0 Å². The van der Waals surface area contributed by atoms with Crippen LogP contribution >= 0.6 is 35.0 Å². The number of ether oxygens (including phenoxy) is 1. The minimum atomic E-state index is -0.831. The van der Waals surface area contributed by atoms with Crippen molar-refractivity contribution in [3.8, 4) is 17.6 Å². The fraction of sp³-hybridized carbons (Fsp3) is 0.158. The first-order valence-electron chi connectivity index (χ1n) is 7.84. The van der Waals surface area contributed by atoms with Crippen LogP contribution in [0.3, 0.4) is 0 Å². The Hall–Kier alpha value is -2.33. The average molecular weight is 423 g/mol. The van der Waals surface area contributed by atoms with E-state index in [-0.39, 0.29) is 17.1 Å². The van der Waals surface area contributed by atoms with Gasteiger partial charge in [-0.15, -0.1) is 11.8 Å². The van der Waals surface area contributed by atoms with Crippen molar-refractivity contribution in [3.63, 3.8) is 0 Å². The van der Waals surface area contributed by atoms with Crippen molar-refractivity contribution in [2.75, 3.05) is 6.61 Å². The molecule has 0 fully saturated rings. The smallest absolute Gasteiger partial charge is 0.259 e. The van der Waals surface area contributed by atoms with E-state index in [1.165, 1.54) is 23.9 Å². The molecule has 2 rings (SSSR count). The summed E-state index contributed by atoms with van der Waals surface area (Å²) >= 11 is 13.7. The predicted molar refractivity (Wildman–Crippen MR) is 108 cm³/mol. The number of rotatable bonds is 7. The number of aromatic hydroxyl groups is 1. The third-order valence-electron chi connectivity index (χ3n) is 3.46. The van der Waals surface area contributed by atoms with Gasteiger partial charge >= 0.3 is 0 Å². The number of phenolic OH excluding ortho intramolecular Hbond substituents is 1. The number of nitrogens with two attached hydrogens (primary N) is 1. The number of nitriles is 1. The van der Waals surface area contributed by atoms with E-state index in [4.69, 9.17) is 38.9 Å². The second-order valence-electron chi connectivity index (χ2n) is 5.33. The molecule has 2 aromatic carbocycles. The Morgan fingerprint density at radius 3 is 2.59 bits per heavy atom. The van der Waals surface area contributed by atoms with Gasteiger partial charge in [0.05, 0.1) is 16.7 Å². The number of hydrogen-bond donors (Lipinski definition) is 2. The van der Waals surface area contributed by atoms with Crippen molar-refractivity contribution in [2.24, 2.45) is 5.73 Å². The van der Waals surface area contributed by atoms with Gasteiger partial charge in [-0.2, -0.15) is 5.26 Å². The molecule has 0 saturated heterocycles. The SMILES string of the molecule is CCOc1cc(/C=C(\C#N)C(N)=O)cc(CSc2c(Cl)cccc2Cl)c1O. The minimum absolute atomic E-state index is 0.0257. The Labute approximate surface area is 171 Å². The van der Waals surface area contributed by atoms with Crippen molar-refractivity contribution < 1.29 is 14.6 Å². The van der Waals surface area contributed by atoms with Gasteiger partial charge in [0.25, 0.3) is 5.91 Å². The summed E-state index contributed by atoms with van der Waals surface area (Å²) in [6.07, 6.45) is 1.35. The fourth-order valence-electron chi connectivity index (χ4n) is 2.24. The number of benzene rings is 2. The van der Waals surface area contributed by atoms with Crippen molar-refractivity contribution in [1.82, 2.24) is 0 Å². The average Bonchev–Trinajstić information content (AvgIpc) is 2.62. The lowest BCUT2D eigenvalue weighted by Gasteiger charge is -2.13. The van der Waals surface area contributed by atoms with E-state index in [1.54, 1.807) is 37.3 Å². The number of nitrogens with zero attached hydrogens (tertiary/aromatic N) is 1. The van der Waals surface area contributed by atoms with Gasteiger partial charge in [-0.3, -0.25) is 4.79 Å². The maximum atomic E-state index is 11.3. The van der Waals surface area contributed by atoms with Crippen LogP contribution in [0.4, 0.5) is 0 Å². The first-order valence-corrected chi connectivity index (χ1v) is 9.58. The Bertz CT molecular complexity index is 919. The fourth-order valence-corrected chi connectivity index (χ4v) is 3.90. The van der Waals surface area contributed by atoms with Crippen molar-refractivity contribution in [1.29, 1.82) is 5.26 Å². The molecule has 0 aliphatic carbocycles. The van der Waals surface area contributed by atoms with E-state index in [9.17, 15) is 9.90 Å². The van der Waals surface area contributed by atoms with Crippen LogP contribution in [0.1, 0.15) is 18.1 Å². The number of thioether (sulfide) groups is 1. The van der Waals surface area contributed by atoms with Gasteiger partial charge in [-0.05, 0) is 42.8 Å². The molecule has 5 nitrogen and oxygen atoms in total. The summed E-state index contributed by atoms with van der Waals surface area (Å²) in [5.74, 6) is -0.270. The molecule has 0 aromatic heterocycles. The molecule has 0 heterocycles. The number of carbonyl (C=O) groups excluding carboxylic acids is 1. The van der Waals surface area contributed by atoms with Gasteiger partial charge < -0.3 is 15.6 Å². The quantitative estimate of drug-likeness (QED) is 0.380. The van der Waals surface area contributed by atoms with Crippen LogP contribution in [0.2, 0.25) is 10.0 Å². The van der Waals surface area contributed by atoms with Crippen LogP contribution in [0.15, 0.2) is 40.8 Å². The molecule has 27 heavy (non-hydrogen) atoms. The van der Waals surface area contributed by atoms with Crippen LogP contribution in [-0.2, 0) is 10.5 Å². The van der Waals surface area contributed by atoms with Gasteiger partial charge in [-0.1, -0.05) is 29.3 Å². The highest BCUT2D eigenvalue weighted by Crippen LogP contribution is 2.40. The lowest BCUT2D eigenvalue weighted by molar-refractivity contribution is -0.114. The lowest BCUT2D eigenvalue weighted by atomic mass is 10.1. The molecule has 0 aliphatic rings. The van der Waals surface area contributed by atoms with E-state index in [0.29, 0.717) is 38.4 Å². The molecule has 0 radical (unpaired) electrons. The molecule has 0 saturated carbocycles. The van der Waals surface area contributed by atoms with Gasteiger partial charge in [-0.25, -0.2) is 0 Å². The molecule has 2 aromatic rings. The highest BCUT2D eigenvalue weighted by atomic mass is 35.5. The van der Waals surface area contributed by atoms with Gasteiger partial charge in [0.1, 0.15) is 11.6 Å². The minimum Gasteiger partial charge on any atom is -0.504 e. The Kier molecular flexibility index (Phi) is 7.43. The number of amides is 1. The molecule has 1 amide bonds. The maximum Gasteiger partial charge on any atom is 0.259 e. The second-order valence-corrected chi connectivity index (χ2v) is 7.13. The van der Waals surface area contributed by atoms with Gasteiger partial charge in [0.2, 0.25) is 0 Å². The molecule has 3 N–H and O–H groups in total. The number of hydrogen-bond acceptors (Lipinski definition) is 5. The number of phenols is 1. The molecule has 0 unspecified atom stereocenters. The molecule has 0 atom stereocenters. The third-order valence-corrected chi connectivity index (χ3v) is 5.50. The molecule has 0 spiro atoms.